The van der Waals surface area contributed by atoms with E-state index in [9.17, 15) is 13.9 Å². The minimum Gasteiger partial charge on any atom is -0.390 e. The zero-order valence-electron chi connectivity index (χ0n) is 12.1. The second-order valence-electron chi connectivity index (χ2n) is 6.26. The van der Waals surface area contributed by atoms with Crippen LogP contribution in [0.5, 0.6) is 0 Å². The first-order valence-corrected chi connectivity index (χ1v) is 7.29. The first-order chi connectivity index (χ1) is 9.30. The van der Waals surface area contributed by atoms with Crippen molar-refractivity contribution in [2.24, 2.45) is 5.92 Å². The van der Waals surface area contributed by atoms with Gasteiger partial charge in [0.05, 0.1) is 11.3 Å². The van der Waals surface area contributed by atoms with Crippen LogP contribution in [0.25, 0.3) is 0 Å². The molecule has 114 valence electrons. The summed E-state index contributed by atoms with van der Waals surface area (Å²) in [7, 11) is 0. The largest absolute Gasteiger partial charge is 0.390 e. The Bertz CT molecular complexity index is 435. The lowest BCUT2D eigenvalue weighted by molar-refractivity contribution is -0.0477. The second-order valence-corrected chi connectivity index (χ2v) is 6.26. The van der Waals surface area contributed by atoms with Crippen LogP contribution < -0.4 is 0 Å². The molecule has 0 amide bonds. The molecule has 1 aliphatic rings. The van der Waals surface area contributed by atoms with Gasteiger partial charge in [-0.1, -0.05) is 12.1 Å². The minimum atomic E-state index is -2.48. The van der Waals surface area contributed by atoms with Gasteiger partial charge in [-0.25, -0.2) is 8.78 Å². The number of aromatic nitrogens is 3. The van der Waals surface area contributed by atoms with Crippen molar-refractivity contribution in [2.75, 3.05) is 0 Å². The van der Waals surface area contributed by atoms with Crippen LogP contribution in [0.1, 0.15) is 51.6 Å². The molecule has 1 atom stereocenters. The fraction of sp³-hybridized carbons (Fsp3) is 0.857. The van der Waals surface area contributed by atoms with Crippen molar-refractivity contribution in [3.63, 3.8) is 0 Å². The molecule has 4 nitrogen and oxygen atoms in total. The Morgan fingerprint density at radius 1 is 1.45 bits per heavy atom. The molecular formula is C14H23F2N3O. The molecule has 1 unspecified atom stereocenters. The number of hydrogen-bond donors (Lipinski definition) is 1. The highest BCUT2D eigenvalue weighted by Gasteiger charge is 2.35. The fourth-order valence-electron chi connectivity index (χ4n) is 2.57. The van der Waals surface area contributed by atoms with Gasteiger partial charge in [0.2, 0.25) is 5.92 Å². The van der Waals surface area contributed by atoms with Crippen LogP contribution in [-0.4, -0.2) is 31.6 Å². The smallest absolute Gasteiger partial charge is 0.248 e. The molecule has 1 N–H and O–H groups in total. The van der Waals surface area contributed by atoms with Crippen LogP contribution in [0.4, 0.5) is 8.78 Å². The molecule has 0 aromatic carbocycles. The molecule has 0 saturated heterocycles. The van der Waals surface area contributed by atoms with E-state index in [1.165, 1.54) is 0 Å². The predicted molar refractivity (Wildman–Crippen MR) is 71.5 cm³/mol. The number of alkyl halides is 2. The van der Waals surface area contributed by atoms with Crippen molar-refractivity contribution in [1.82, 2.24) is 15.0 Å². The van der Waals surface area contributed by atoms with Gasteiger partial charge in [0.25, 0.3) is 0 Å². The summed E-state index contributed by atoms with van der Waals surface area (Å²) in [5.74, 6) is -2.24. The molecule has 1 aromatic rings. The Balaban J connectivity index is 1.87. The topological polar surface area (TPSA) is 50.9 Å². The van der Waals surface area contributed by atoms with E-state index in [0.29, 0.717) is 32.2 Å². The summed E-state index contributed by atoms with van der Waals surface area (Å²) in [5, 5.41) is 18.1. The molecule has 1 heterocycles. The SMILES string of the molecule is CCC(C)(O)Cc1cn(CC2CCC(F)(F)CC2)nn1. The summed E-state index contributed by atoms with van der Waals surface area (Å²) in [6, 6.07) is 0. The van der Waals surface area contributed by atoms with Crippen molar-refractivity contribution in [3.05, 3.63) is 11.9 Å². The highest BCUT2D eigenvalue weighted by Crippen LogP contribution is 2.36. The number of aliphatic hydroxyl groups is 1. The van der Waals surface area contributed by atoms with Crippen molar-refractivity contribution in [2.45, 2.75) is 70.4 Å². The van der Waals surface area contributed by atoms with Gasteiger partial charge in [-0.2, -0.15) is 0 Å². The lowest BCUT2D eigenvalue weighted by atomic mass is 9.87. The Labute approximate surface area is 118 Å². The number of nitrogens with zero attached hydrogens (tertiary/aromatic N) is 3. The van der Waals surface area contributed by atoms with E-state index in [0.717, 1.165) is 5.69 Å². The van der Waals surface area contributed by atoms with Gasteiger partial charge in [0.15, 0.2) is 0 Å². The van der Waals surface area contributed by atoms with E-state index >= 15 is 0 Å². The number of hydrogen-bond acceptors (Lipinski definition) is 3. The van der Waals surface area contributed by atoms with Gasteiger partial charge in [-0.05, 0) is 32.1 Å². The van der Waals surface area contributed by atoms with Gasteiger partial charge < -0.3 is 5.11 Å². The summed E-state index contributed by atoms with van der Waals surface area (Å²) in [6.45, 7) is 4.33. The van der Waals surface area contributed by atoms with Gasteiger partial charge >= 0.3 is 0 Å². The maximum absolute atomic E-state index is 13.1. The normalized spacial score (nSPS) is 22.6. The number of halogens is 2. The molecule has 0 aliphatic heterocycles. The monoisotopic (exact) mass is 287 g/mol. The molecule has 0 radical (unpaired) electrons. The Morgan fingerprint density at radius 2 is 2.10 bits per heavy atom. The van der Waals surface area contributed by atoms with E-state index in [4.69, 9.17) is 0 Å². The highest BCUT2D eigenvalue weighted by molar-refractivity contribution is 4.98. The highest BCUT2D eigenvalue weighted by atomic mass is 19.3. The van der Waals surface area contributed by atoms with Crippen LogP contribution >= 0.6 is 0 Å². The van der Waals surface area contributed by atoms with Crippen LogP contribution in [0, 0.1) is 5.92 Å². The van der Waals surface area contributed by atoms with Crippen LogP contribution in [0.3, 0.4) is 0 Å². The van der Waals surface area contributed by atoms with Crippen molar-refractivity contribution < 1.29 is 13.9 Å². The summed E-state index contributed by atoms with van der Waals surface area (Å²) in [4.78, 5) is 0. The van der Waals surface area contributed by atoms with Gasteiger partial charge in [0, 0.05) is 32.0 Å². The summed E-state index contributed by atoms with van der Waals surface area (Å²) in [6.07, 6.45) is 3.96. The average molecular weight is 287 g/mol. The molecule has 0 bridgehead atoms. The summed E-state index contributed by atoms with van der Waals surface area (Å²) < 4.78 is 27.9. The van der Waals surface area contributed by atoms with E-state index in [2.05, 4.69) is 10.3 Å². The van der Waals surface area contributed by atoms with Crippen molar-refractivity contribution in [3.8, 4) is 0 Å². The summed E-state index contributed by atoms with van der Waals surface area (Å²) >= 11 is 0. The van der Waals surface area contributed by atoms with Gasteiger partial charge in [0.1, 0.15) is 0 Å². The molecule has 1 fully saturated rings. The van der Waals surface area contributed by atoms with Crippen LogP contribution in [0.15, 0.2) is 6.20 Å². The average Bonchev–Trinajstić information content (AvgIpc) is 2.79. The molecule has 2 rings (SSSR count). The third-order valence-electron chi connectivity index (χ3n) is 4.19. The van der Waals surface area contributed by atoms with Crippen molar-refractivity contribution in [1.29, 1.82) is 0 Å². The molecule has 1 aliphatic carbocycles. The van der Waals surface area contributed by atoms with E-state index in [1.54, 1.807) is 11.6 Å². The maximum atomic E-state index is 13.1. The quantitative estimate of drug-likeness (QED) is 0.906. The molecule has 1 aromatic heterocycles. The maximum Gasteiger partial charge on any atom is 0.248 e. The zero-order chi connectivity index (χ0) is 14.8. The lowest BCUT2D eigenvalue weighted by Gasteiger charge is -2.27. The van der Waals surface area contributed by atoms with Crippen molar-refractivity contribution >= 4 is 0 Å². The first kappa shape index (κ1) is 15.4. The Kier molecular flexibility index (Phi) is 4.42. The molecule has 20 heavy (non-hydrogen) atoms. The van der Waals surface area contributed by atoms with Crippen LogP contribution in [-0.2, 0) is 13.0 Å². The standard InChI is InChI=1S/C14H23F2N3O/c1-3-13(2,20)8-12-10-19(18-17-12)9-11-4-6-14(15,16)7-5-11/h10-11,20H,3-9H2,1-2H3. The Hall–Kier alpha value is -1.04. The molecule has 6 heteroatoms. The van der Waals surface area contributed by atoms with Gasteiger partial charge in [-0.15, -0.1) is 5.10 Å². The van der Waals surface area contributed by atoms with E-state index in [-0.39, 0.29) is 18.8 Å². The van der Waals surface area contributed by atoms with Gasteiger partial charge in [-0.3, -0.25) is 4.68 Å². The molecule has 0 spiro atoms. The number of rotatable bonds is 5. The van der Waals surface area contributed by atoms with E-state index < -0.39 is 11.5 Å². The van der Waals surface area contributed by atoms with Crippen LogP contribution in [0.2, 0.25) is 0 Å². The molecule has 1 saturated carbocycles. The first-order valence-electron chi connectivity index (χ1n) is 7.29. The zero-order valence-corrected chi connectivity index (χ0v) is 12.1. The third-order valence-corrected chi connectivity index (χ3v) is 4.19. The minimum absolute atomic E-state index is 0.0240. The Morgan fingerprint density at radius 3 is 2.70 bits per heavy atom. The lowest BCUT2D eigenvalue weighted by Crippen LogP contribution is -2.27. The predicted octanol–water partition coefficient (Wildman–Crippen LogP) is 2.81. The third kappa shape index (κ3) is 4.23. The fourth-order valence-corrected chi connectivity index (χ4v) is 2.57. The second kappa shape index (κ2) is 5.76. The summed E-state index contributed by atoms with van der Waals surface area (Å²) in [5.41, 5.74) is -0.0219. The molecular weight excluding hydrogens is 264 g/mol. The van der Waals surface area contributed by atoms with E-state index in [1.807, 2.05) is 13.1 Å².